The first-order chi connectivity index (χ1) is 8.58. The Kier molecular flexibility index (Phi) is 3.81. The molecule has 0 radical (unpaired) electrons. The molecule has 0 unspecified atom stereocenters. The van der Waals surface area contributed by atoms with E-state index in [1.807, 2.05) is 37.6 Å². The maximum absolute atomic E-state index is 11.8. The Morgan fingerprint density at radius 2 is 2.33 bits per heavy atom. The lowest BCUT2D eigenvalue weighted by Crippen LogP contribution is -2.14. The molecule has 0 saturated carbocycles. The Morgan fingerprint density at radius 3 is 2.94 bits per heavy atom. The molecular formula is C13H17N3OS. The molecule has 1 amide bonds. The first-order valence-corrected chi connectivity index (χ1v) is 6.89. The molecule has 0 spiro atoms. The van der Waals surface area contributed by atoms with Crippen LogP contribution in [-0.2, 0) is 4.79 Å². The van der Waals surface area contributed by atoms with E-state index in [0.29, 0.717) is 12.3 Å². The van der Waals surface area contributed by atoms with E-state index in [9.17, 15) is 4.79 Å². The molecule has 0 fully saturated rings. The molecule has 0 aliphatic heterocycles. The maximum Gasteiger partial charge on any atom is 0.224 e. The number of amides is 1. The van der Waals surface area contributed by atoms with E-state index >= 15 is 0 Å². The van der Waals surface area contributed by atoms with E-state index in [4.69, 9.17) is 0 Å². The zero-order valence-corrected chi connectivity index (χ0v) is 11.6. The van der Waals surface area contributed by atoms with E-state index in [0.717, 1.165) is 22.6 Å². The highest BCUT2D eigenvalue weighted by Gasteiger charge is 2.15. The van der Waals surface area contributed by atoms with E-state index in [-0.39, 0.29) is 5.91 Å². The van der Waals surface area contributed by atoms with E-state index in [1.165, 1.54) is 0 Å². The van der Waals surface area contributed by atoms with Gasteiger partial charge in [-0.15, -0.1) is 0 Å². The van der Waals surface area contributed by atoms with Crippen LogP contribution in [0.25, 0.3) is 11.3 Å². The number of aryl methyl sites for hydroxylation is 1. The normalized spacial score (nSPS) is 10.9. The molecule has 5 heteroatoms. The van der Waals surface area contributed by atoms with E-state index in [1.54, 1.807) is 11.3 Å². The molecule has 2 N–H and O–H groups in total. The minimum atomic E-state index is 0.0333. The first-order valence-electron chi connectivity index (χ1n) is 5.95. The zero-order valence-electron chi connectivity index (χ0n) is 10.8. The van der Waals surface area contributed by atoms with Gasteiger partial charge in [-0.1, -0.05) is 13.8 Å². The highest BCUT2D eigenvalue weighted by atomic mass is 32.1. The Labute approximate surface area is 110 Å². The van der Waals surface area contributed by atoms with Gasteiger partial charge in [0.05, 0.1) is 11.4 Å². The van der Waals surface area contributed by atoms with Crippen molar-refractivity contribution in [3.8, 4) is 11.3 Å². The summed E-state index contributed by atoms with van der Waals surface area (Å²) >= 11 is 1.62. The number of carbonyl (C=O) groups excluding carboxylic acids is 1. The summed E-state index contributed by atoms with van der Waals surface area (Å²) in [6, 6.07) is 2.00. The number of nitrogens with zero attached hydrogens (tertiary/aromatic N) is 1. The third-order valence-corrected chi connectivity index (χ3v) is 3.28. The molecule has 0 saturated heterocycles. The monoisotopic (exact) mass is 263 g/mol. The summed E-state index contributed by atoms with van der Waals surface area (Å²) in [4.78, 5) is 11.8. The fraction of sp³-hybridized carbons (Fsp3) is 0.385. The number of rotatable bonds is 4. The number of hydrogen-bond donors (Lipinski definition) is 2. The van der Waals surface area contributed by atoms with Crippen LogP contribution in [0.1, 0.15) is 26.0 Å². The lowest BCUT2D eigenvalue weighted by molar-refractivity contribution is -0.116. The summed E-state index contributed by atoms with van der Waals surface area (Å²) in [6.07, 6.45) is 0.522. The summed E-state index contributed by atoms with van der Waals surface area (Å²) in [5, 5.41) is 14.2. The van der Waals surface area contributed by atoms with Crippen molar-refractivity contribution in [2.45, 2.75) is 27.2 Å². The molecule has 2 aromatic rings. The van der Waals surface area contributed by atoms with Crippen LogP contribution in [0.2, 0.25) is 0 Å². The number of carbonyl (C=O) groups is 1. The van der Waals surface area contributed by atoms with Crippen LogP contribution in [-0.4, -0.2) is 16.1 Å². The van der Waals surface area contributed by atoms with Crippen LogP contribution >= 0.6 is 11.3 Å². The first kappa shape index (κ1) is 12.8. The van der Waals surface area contributed by atoms with Crippen molar-refractivity contribution in [3.05, 3.63) is 22.5 Å². The van der Waals surface area contributed by atoms with Gasteiger partial charge in [-0.05, 0) is 24.3 Å². The smallest absolute Gasteiger partial charge is 0.224 e. The van der Waals surface area contributed by atoms with Gasteiger partial charge < -0.3 is 5.32 Å². The average molecular weight is 263 g/mol. The Balaban J connectivity index is 2.23. The number of aromatic nitrogens is 2. The summed E-state index contributed by atoms with van der Waals surface area (Å²) in [6.45, 7) is 5.97. The number of aromatic amines is 1. The average Bonchev–Trinajstić information content (AvgIpc) is 2.88. The van der Waals surface area contributed by atoms with Gasteiger partial charge in [0.25, 0.3) is 0 Å². The van der Waals surface area contributed by atoms with Crippen molar-refractivity contribution in [1.29, 1.82) is 0 Å². The van der Waals surface area contributed by atoms with Crippen molar-refractivity contribution in [3.63, 3.8) is 0 Å². The molecule has 0 aromatic carbocycles. The molecule has 0 aliphatic rings. The fourth-order valence-electron chi connectivity index (χ4n) is 1.75. The number of thiophene rings is 1. The minimum absolute atomic E-state index is 0.0333. The summed E-state index contributed by atoms with van der Waals surface area (Å²) in [7, 11) is 0. The van der Waals surface area contributed by atoms with Crippen molar-refractivity contribution in [2.24, 2.45) is 5.92 Å². The molecule has 2 aromatic heterocycles. The zero-order chi connectivity index (χ0) is 13.1. The third-order valence-electron chi connectivity index (χ3n) is 2.60. The molecule has 18 heavy (non-hydrogen) atoms. The Morgan fingerprint density at radius 1 is 1.56 bits per heavy atom. The maximum atomic E-state index is 11.8. The molecular weight excluding hydrogens is 246 g/mol. The van der Waals surface area contributed by atoms with Gasteiger partial charge in [0, 0.05) is 17.4 Å². The van der Waals surface area contributed by atoms with Crippen molar-refractivity contribution < 1.29 is 4.79 Å². The molecule has 2 heterocycles. The van der Waals surface area contributed by atoms with E-state index < -0.39 is 0 Å². The van der Waals surface area contributed by atoms with Gasteiger partial charge in [-0.2, -0.15) is 16.4 Å². The number of anilines is 1. The Hall–Kier alpha value is -1.62. The topological polar surface area (TPSA) is 57.8 Å². The van der Waals surface area contributed by atoms with Crippen LogP contribution < -0.4 is 5.32 Å². The largest absolute Gasteiger partial charge is 0.323 e. The quantitative estimate of drug-likeness (QED) is 0.887. The highest BCUT2D eigenvalue weighted by molar-refractivity contribution is 7.08. The fourth-order valence-corrected chi connectivity index (χ4v) is 2.39. The molecule has 96 valence electrons. The second-order valence-corrected chi connectivity index (χ2v) is 5.51. The van der Waals surface area contributed by atoms with Gasteiger partial charge in [0.2, 0.25) is 5.91 Å². The molecule has 2 rings (SSSR count). The summed E-state index contributed by atoms with van der Waals surface area (Å²) in [5.74, 6) is 0.382. The molecule has 4 nitrogen and oxygen atoms in total. The Bertz CT molecular complexity index is 528. The lowest BCUT2D eigenvalue weighted by atomic mass is 10.1. The van der Waals surface area contributed by atoms with E-state index in [2.05, 4.69) is 15.5 Å². The lowest BCUT2D eigenvalue weighted by Gasteiger charge is -2.07. The van der Waals surface area contributed by atoms with Crippen molar-refractivity contribution in [1.82, 2.24) is 10.2 Å². The molecule has 0 aliphatic carbocycles. The van der Waals surface area contributed by atoms with Gasteiger partial charge in [0.1, 0.15) is 5.69 Å². The van der Waals surface area contributed by atoms with Gasteiger partial charge >= 0.3 is 0 Å². The van der Waals surface area contributed by atoms with Gasteiger partial charge in [-0.25, -0.2) is 0 Å². The second kappa shape index (κ2) is 5.35. The predicted octanol–water partition coefficient (Wildman–Crippen LogP) is 3.43. The number of hydrogen-bond acceptors (Lipinski definition) is 3. The van der Waals surface area contributed by atoms with Crippen molar-refractivity contribution >= 4 is 22.9 Å². The van der Waals surface area contributed by atoms with Crippen LogP contribution in [0.3, 0.4) is 0 Å². The summed E-state index contributed by atoms with van der Waals surface area (Å²) in [5.41, 5.74) is 3.52. The van der Waals surface area contributed by atoms with Gasteiger partial charge in [0.15, 0.2) is 0 Å². The van der Waals surface area contributed by atoms with Gasteiger partial charge in [-0.3, -0.25) is 9.89 Å². The van der Waals surface area contributed by atoms with Crippen LogP contribution in [0.4, 0.5) is 5.69 Å². The van der Waals surface area contributed by atoms with Crippen LogP contribution in [0.15, 0.2) is 16.8 Å². The third kappa shape index (κ3) is 2.79. The summed E-state index contributed by atoms with van der Waals surface area (Å²) < 4.78 is 0. The molecule has 0 atom stereocenters. The SMILES string of the molecule is Cc1[nH]nc(-c2ccsc2)c1NC(=O)CC(C)C. The molecule has 0 bridgehead atoms. The van der Waals surface area contributed by atoms with Crippen molar-refractivity contribution in [2.75, 3.05) is 5.32 Å². The minimum Gasteiger partial charge on any atom is -0.323 e. The van der Waals surface area contributed by atoms with Crippen LogP contribution in [0, 0.1) is 12.8 Å². The number of H-pyrrole nitrogens is 1. The highest BCUT2D eigenvalue weighted by Crippen LogP contribution is 2.30. The standard InChI is InChI=1S/C13H17N3OS/c1-8(2)6-11(17)14-12-9(3)15-16-13(12)10-4-5-18-7-10/h4-5,7-8H,6H2,1-3H3,(H,14,17)(H,15,16). The van der Waals surface area contributed by atoms with Crippen LogP contribution in [0.5, 0.6) is 0 Å². The predicted molar refractivity (Wildman–Crippen MR) is 74.7 cm³/mol. The second-order valence-electron chi connectivity index (χ2n) is 4.73. The number of nitrogens with one attached hydrogen (secondary N) is 2.